The highest BCUT2D eigenvalue weighted by Crippen LogP contribution is 2.17. The molecule has 4 rings (SSSR count). The van der Waals surface area contributed by atoms with Crippen LogP contribution in [0.3, 0.4) is 0 Å². The summed E-state index contributed by atoms with van der Waals surface area (Å²) in [5.74, 6) is 0.627. The van der Waals surface area contributed by atoms with Crippen LogP contribution in [0.1, 0.15) is 31.2 Å². The molecule has 3 aromatic rings. The van der Waals surface area contributed by atoms with E-state index < -0.39 is 0 Å². The van der Waals surface area contributed by atoms with E-state index in [1.807, 2.05) is 42.2 Å². The lowest BCUT2D eigenvalue weighted by Crippen LogP contribution is -2.35. The van der Waals surface area contributed by atoms with Gasteiger partial charge in [0.2, 0.25) is 5.91 Å². The SMILES string of the molecule is CCN(Cc1nc2ccccc2c(=O)[nH]1)C(=O)Nc1ccc(CN2CCCC2=O)cc1. The third kappa shape index (κ3) is 4.74. The first kappa shape index (κ1) is 20.6. The van der Waals surface area contributed by atoms with Crippen LogP contribution in [0.25, 0.3) is 10.9 Å². The Bertz CT molecular complexity index is 1160. The van der Waals surface area contributed by atoms with Crippen LogP contribution < -0.4 is 10.9 Å². The summed E-state index contributed by atoms with van der Waals surface area (Å²) in [5, 5.41) is 3.40. The number of rotatable bonds is 6. The van der Waals surface area contributed by atoms with Crippen LogP contribution in [0, 0.1) is 0 Å². The van der Waals surface area contributed by atoms with Gasteiger partial charge in [-0.1, -0.05) is 24.3 Å². The lowest BCUT2D eigenvalue weighted by atomic mass is 10.2. The molecule has 0 spiro atoms. The van der Waals surface area contributed by atoms with E-state index in [1.165, 1.54) is 0 Å². The fourth-order valence-electron chi connectivity index (χ4n) is 3.71. The molecule has 2 aromatic carbocycles. The summed E-state index contributed by atoms with van der Waals surface area (Å²) in [6.07, 6.45) is 1.54. The van der Waals surface area contributed by atoms with Gasteiger partial charge in [-0.2, -0.15) is 0 Å². The Morgan fingerprint density at radius 2 is 1.94 bits per heavy atom. The molecule has 1 fully saturated rings. The first-order valence-corrected chi connectivity index (χ1v) is 10.4. The molecule has 0 aliphatic carbocycles. The van der Waals surface area contributed by atoms with E-state index in [4.69, 9.17) is 0 Å². The average molecular weight is 419 g/mol. The van der Waals surface area contributed by atoms with Crippen LogP contribution >= 0.6 is 0 Å². The third-order valence-electron chi connectivity index (χ3n) is 5.42. The van der Waals surface area contributed by atoms with Gasteiger partial charge in [-0.05, 0) is 43.2 Å². The van der Waals surface area contributed by atoms with Gasteiger partial charge in [0.1, 0.15) is 5.82 Å². The van der Waals surface area contributed by atoms with Gasteiger partial charge in [0.25, 0.3) is 5.56 Å². The van der Waals surface area contributed by atoms with Crippen molar-refractivity contribution >= 4 is 28.5 Å². The van der Waals surface area contributed by atoms with Gasteiger partial charge in [0.15, 0.2) is 0 Å². The highest BCUT2D eigenvalue weighted by atomic mass is 16.2. The number of benzene rings is 2. The highest BCUT2D eigenvalue weighted by molar-refractivity contribution is 5.89. The first-order valence-electron chi connectivity index (χ1n) is 10.4. The van der Waals surface area contributed by atoms with Crippen molar-refractivity contribution in [3.63, 3.8) is 0 Å². The molecule has 3 amide bonds. The lowest BCUT2D eigenvalue weighted by molar-refractivity contribution is -0.128. The second kappa shape index (κ2) is 8.99. The summed E-state index contributed by atoms with van der Waals surface area (Å²) < 4.78 is 0. The quantitative estimate of drug-likeness (QED) is 0.641. The molecule has 2 N–H and O–H groups in total. The van der Waals surface area contributed by atoms with Crippen molar-refractivity contribution in [2.24, 2.45) is 0 Å². The fraction of sp³-hybridized carbons (Fsp3) is 0.304. The number of carbonyl (C=O) groups is 2. The van der Waals surface area contributed by atoms with E-state index in [9.17, 15) is 14.4 Å². The zero-order chi connectivity index (χ0) is 21.8. The minimum Gasteiger partial charge on any atom is -0.338 e. The van der Waals surface area contributed by atoms with Gasteiger partial charge >= 0.3 is 6.03 Å². The number of nitrogens with one attached hydrogen (secondary N) is 2. The molecular formula is C23H25N5O3. The van der Waals surface area contributed by atoms with Crippen LogP contribution in [0.15, 0.2) is 53.3 Å². The van der Waals surface area contributed by atoms with Crippen LogP contribution in [-0.2, 0) is 17.9 Å². The molecule has 1 aliphatic heterocycles. The molecule has 0 bridgehead atoms. The second-order valence-electron chi connectivity index (χ2n) is 7.59. The highest BCUT2D eigenvalue weighted by Gasteiger charge is 2.20. The maximum atomic E-state index is 12.7. The number of urea groups is 1. The summed E-state index contributed by atoms with van der Waals surface area (Å²) in [5.41, 5.74) is 2.08. The molecule has 0 unspecified atom stereocenters. The summed E-state index contributed by atoms with van der Waals surface area (Å²) in [6.45, 7) is 3.91. The molecule has 1 aromatic heterocycles. The van der Waals surface area contributed by atoms with Crippen molar-refractivity contribution in [1.82, 2.24) is 19.8 Å². The fourth-order valence-corrected chi connectivity index (χ4v) is 3.71. The Labute approximate surface area is 179 Å². The molecule has 31 heavy (non-hydrogen) atoms. The van der Waals surface area contributed by atoms with Gasteiger partial charge in [0, 0.05) is 31.7 Å². The molecule has 0 saturated carbocycles. The van der Waals surface area contributed by atoms with Gasteiger partial charge in [-0.3, -0.25) is 9.59 Å². The zero-order valence-electron chi connectivity index (χ0n) is 17.4. The van der Waals surface area contributed by atoms with Crippen molar-refractivity contribution in [2.75, 3.05) is 18.4 Å². The van der Waals surface area contributed by atoms with Crippen molar-refractivity contribution in [1.29, 1.82) is 0 Å². The largest absolute Gasteiger partial charge is 0.338 e. The number of likely N-dealkylation sites (tertiary alicyclic amines) is 1. The van der Waals surface area contributed by atoms with E-state index in [-0.39, 0.29) is 24.0 Å². The number of hydrogen-bond donors (Lipinski definition) is 2. The van der Waals surface area contributed by atoms with E-state index in [2.05, 4.69) is 15.3 Å². The Morgan fingerprint density at radius 3 is 2.65 bits per heavy atom. The smallest absolute Gasteiger partial charge is 0.322 e. The van der Waals surface area contributed by atoms with Crippen molar-refractivity contribution in [3.8, 4) is 0 Å². The maximum Gasteiger partial charge on any atom is 0.322 e. The standard InChI is InChI=1S/C23H25N5O3/c1-2-27(15-20-25-19-7-4-3-6-18(19)22(30)26-20)23(31)24-17-11-9-16(10-12-17)14-28-13-5-8-21(28)29/h3-4,6-7,9-12H,2,5,8,13-15H2,1H3,(H,24,31)(H,25,26,30). The average Bonchev–Trinajstić information content (AvgIpc) is 3.17. The molecular weight excluding hydrogens is 394 g/mol. The molecule has 1 saturated heterocycles. The number of fused-ring (bicyclic) bond motifs is 1. The van der Waals surface area contributed by atoms with Gasteiger partial charge in [0.05, 0.1) is 17.4 Å². The van der Waals surface area contributed by atoms with Crippen LogP contribution in [0.2, 0.25) is 0 Å². The predicted octanol–water partition coefficient (Wildman–Crippen LogP) is 3.10. The number of para-hydroxylation sites is 1. The first-order chi connectivity index (χ1) is 15.0. The summed E-state index contributed by atoms with van der Waals surface area (Å²) in [7, 11) is 0. The Balaban J connectivity index is 1.41. The monoisotopic (exact) mass is 419 g/mol. The zero-order valence-corrected chi connectivity index (χ0v) is 17.4. The number of aromatic nitrogens is 2. The van der Waals surface area contributed by atoms with E-state index >= 15 is 0 Å². The van der Waals surface area contributed by atoms with Crippen molar-refractivity contribution in [3.05, 3.63) is 70.3 Å². The van der Waals surface area contributed by atoms with Crippen LogP contribution in [0.5, 0.6) is 0 Å². The summed E-state index contributed by atoms with van der Waals surface area (Å²) >= 11 is 0. The molecule has 8 heteroatoms. The summed E-state index contributed by atoms with van der Waals surface area (Å²) in [6, 6.07) is 14.3. The van der Waals surface area contributed by atoms with Crippen molar-refractivity contribution < 1.29 is 9.59 Å². The predicted molar refractivity (Wildman–Crippen MR) is 119 cm³/mol. The number of aromatic amines is 1. The number of anilines is 1. The van der Waals surface area contributed by atoms with Gasteiger partial charge in [-0.25, -0.2) is 9.78 Å². The number of nitrogens with zero attached hydrogens (tertiary/aromatic N) is 3. The number of hydrogen-bond acceptors (Lipinski definition) is 4. The minimum atomic E-state index is -0.277. The topological polar surface area (TPSA) is 98.4 Å². The van der Waals surface area contributed by atoms with Gasteiger partial charge in [-0.15, -0.1) is 0 Å². The van der Waals surface area contributed by atoms with E-state index in [0.29, 0.717) is 41.9 Å². The molecule has 0 atom stereocenters. The van der Waals surface area contributed by atoms with Crippen LogP contribution in [-0.4, -0.2) is 44.8 Å². The Kier molecular flexibility index (Phi) is 5.97. The molecule has 2 heterocycles. The van der Waals surface area contributed by atoms with E-state index in [1.54, 1.807) is 23.1 Å². The van der Waals surface area contributed by atoms with Crippen molar-refractivity contribution in [2.45, 2.75) is 32.9 Å². The van der Waals surface area contributed by atoms with E-state index in [0.717, 1.165) is 18.5 Å². The molecule has 160 valence electrons. The summed E-state index contributed by atoms with van der Waals surface area (Å²) in [4.78, 5) is 47.4. The van der Waals surface area contributed by atoms with Gasteiger partial charge < -0.3 is 20.1 Å². The number of carbonyl (C=O) groups excluding carboxylic acids is 2. The Morgan fingerprint density at radius 1 is 1.16 bits per heavy atom. The van der Waals surface area contributed by atoms with Crippen LogP contribution in [0.4, 0.5) is 10.5 Å². The maximum absolute atomic E-state index is 12.7. The Hall–Kier alpha value is -3.68. The normalized spacial score (nSPS) is 13.6. The molecule has 1 aliphatic rings. The number of amides is 3. The third-order valence-corrected chi connectivity index (χ3v) is 5.42. The molecule has 8 nitrogen and oxygen atoms in total. The minimum absolute atomic E-state index is 0.191. The molecule has 0 radical (unpaired) electrons. The number of H-pyrrole nitrogens is 1. The lowest BCUT2D eigenvalue weighted by Gasteiger charge is -2.21. The second-order valence-corrected chi connectivity index (χ2v) is 7.59.